The van der Waals surface area contributed by atoms with Crippen LogP contribution in [-0.4, -0.2) is 51.9 Å². The van der Waals surface area contributed by atoms with Gasteiger partial charge in [-0.1, -0.05) is 0 Å². The number of benzene rings is 1. The van der Waals surface area contributed by atoms with E-state index in [1.165, 1.54) is 6.20 Å². The third-order valence-corrected chi connectivity index (χ3v) is 3.77. The van der Waals surface area contributed by atoms with Gasteiger partial charge >= 0.3 is 6.03 Å². The number of hydrogen-bond donors (Lipinski definition) is 2. The van der Waals surface area contributed by atoms with E-state index in [0.717, 1.165) is 11.7 Å². The van der Waals surface area contributed by atoms with Gasteiger partial charge in [0.25, 0.3) is 5.91 Å². The molecule has 23 heavy (non-hydrogen) atoms. The van der Waals surface area contributed by atoms with E-state index in [9.17, 15) is 9.59 Å². The molecule has 0 radical (unpaired) electrons. The Hall–Kier alpha value is -2.52. The van der Waals surface area contributed by atoms with E-state index in [1.54, 1.807) is 29.2 Å². The van der Waals surface area contributed by atoms with Crippen LogP contribution in [0.15, 0.2) is 30.5 Å². The fourth-order valence-corrected chi connectivity index (χ4v) is 2.52. The second kappa shape index (κ2) is 7.16. The number of aromatic nitrogens is 2. The van der Waals surface area contributed by atoms with Gasteiger partial charge < -0.3 is 15.0 Å². The molecule has 1 aliphatic rings. The minimum Gasteiger partial charge on any atom is -0.378 e. The molecule has 1 fully saturated rings. The van der Waals surface area contributed by atoms with Crippen molar-refractivity contribution in [1.29, 1.82) is 0 Å². The highest BCUT2D eigenvalue weighted by atomic mass is 32.1. The van der Waals surface area contributed by atoms with Crippen molar-refractivity contribution in [3.63, 3.8) is 0 Å². The number of hydrogen-bond acceptors (Lipinski definition) is 6. The molecule has 2 heterocycles. The molecule has 1 aromatic heterocycles. The number of urea groups is 1. The fourth-order valence-electron chi connectivity index (χ4n) is 2.14. The van der Waals surface area contributed by atoms with Crippen molar-refractivity contribution in [3.8, 4) is 0 Å². The van der Waals surface area contributed by atoms with Gasteiger partial charge in [0.15, 0.2) is 5.82 Å². The van der Waals surface area contributed by atoms with Crippen LogP contribution in [-0.2, 0) is 4.74 Å². The van der Waals surface area contributed by atoms with Crippen molar-refractivity contribution < 1.29 is 14.3 Å². The van der Waals surface area contributed by atoms with Crippen LogP contribution in [0.1, 0.15) is 10.4 Å². The van der Waals surface area contributed by atoms with E-state index < -0.39 is 6.03 Å². The van der Waals surface area contributed by atoms with Crippen LogP contribution in [0.5, 0.6) is 0 Å². The first-order valence-electron chi connectivity index (χ1n) is 7.05. The zero-order valence-electron chi connectivity index (χ0n) is 12.2. The number of amides is 3. The fraction of sp³-hybridized carbons (Fsp3) is 0.286. The summed E-state index contributed by atoms with van der Waals surface area (Å²) >= 11 is 1.01. The Balaban J connectivity index is 1.58. The molecule has 0 atom stereocenters. The van der Waals surface area contributed by atoms with E-state index in [0.29, 0.717) is 43.4 Å². The first-order valence-corrected chi connectivity index (χ1v) is 7.78. The molecule has 1 saturated heterocycles. The third kappa shape index (κ3) is 4.02. The highest BCUT2D eigenvalue weighted by Gasteiger charge is 2.18. The maximum absolute atomic E-state index is 12.3. The topological polar surface area (TPSA) is 96.5 Å². The SMILES string of the molecule is O=C(Nc1ccc(C(=O)N2CCOCC2)cc1)Nc1cnsn1. The highest BCUT2D eigenvalue weighted by molar-refractivity contribution is 6.99. The van der Waals surface area contributed by atoms with Crippen molar-refractivity contribution in [3.05, 3.63) is 36.0 Å². The van der Waals surface area contributed by atoms with Crippen LogP contribution >= 0.6 is 11.7 Å². The summed E-state index contributed by atoms with van der Waals surface area (Å²) in [6.45, 7) is 2.33. The number of ether oxygens (including phenoxy) is 1. The summed E-state index contributed by atoms with van der Waals surface area (Å²) in [7, 11) is 0. The quantitative estimate of drug-likeness (QED) is 0.890. The number of rotatable bonds is 3. The van der Waals surface area contributed by atoms with Crippen molar-refractivity contribution in [2.24, 2.45) is 0 Å². The molecule has 0 spiro atoms. The van der Waals surface area contributed by atoms with Crippen LogP contribution in [0.2, 0.25) is 0 Å². The Morgan fingerprint density at radius 3 is 2.52 bits per heavy atom. The van der Waals surface area contributed by atoms with Gasteiger partial charge in [-0.25, -0.2) is 4.79 Å². The molecule has 0 saturated carbocycles. The van der Waals surface area contributed by atoms with E-state index in [-0.39, 0.29) is 5.91 Å². The summed E-state index contributed by atoms with van der Waals surface area (Å²) in [5.41, 5.74) is 1.17. The molecule has 0 bridgehead atoms. The van der Waals surface area contributed by atoms with Gasteiger partial charge in [0, 0.05) is 24.3 Å². The zero-order valence-corrected chi connectivity index (χ0v) is 13.0. The van der Waals surface area contributed by atoms with E-state index in [2.05, 4.69) is 19.4 Å². The summed E-state index contributed by atoms with van der Waals surface area (Å²) in [6.07, 6.45) is 1.47. The molecule has 1 aromatic carbocycles. The van der Waals surface area contributed by atoms with Gasteiger partial charge in [0.2, 0.25) is 0 Å². The Bertz CT molecular complexity index is 668. The second-order valence-corrected chi connectivity index (χ2v) is 5.41. The maximum Gasteiger partial charge on any atom is 0.324 e. The number of nitrogens with zero attached hydrogens (tertiary/aromatic N) is 3. The molecule has 0 unspecified atom stereocenters. The Kier molecular flexibility index (Phi) is 4.79. The van der Waals surface area contributed by atoms with Crippen LogP contribution in [0.25, 0.3) is 0 Å². The van der Waals surface area contributed by atoms with Crippen molar-refractivity contribution >= 4 is 35.2 Å². The molecule has 9 heteroatoms. The molecule has 0 aliphatic carbocycles. The number of nitrogens with one attached hydrogen (secondary N) is 2. The lowest BCUT2D eigenvalue weighted by Gasteiger charge is -2.26. The molecular formula is C14H15N5O3S. The van der Waals surface area contributed by atoms with E-state index >= 15 is 0 Å². The molecule has 2 aromatic rings. The summed E-state index contributed by atoms with van der Waals surface area (Å²) in [5.74, 6) is 0.365. The smallest absolute Gasteiger partial charge is 0.324 e. The Morgan fingerprint density at radius 1 is 1.13 bits per heavy atom. The molecule has 3 rings (SSSR count). The lowest BCUT2D eigenvalue weighted by Crippen LogP contribution is -2.40. The average Bonchev–Trinajstić information content (AvgIpc) is 3.08. The Morgan fingerprint density at radius 2 is 1.87 bits per heavy atom. The van der Waals surface area contributed by atoms with Gasteiger partial charge in [-0.05, 0) is 24.3 Å². The van der Waals surface area contributed by atoms with Gasteiger partial charge in [0.05, 0.1) is 31.1 Å². The van der Waals surface area contributed by atoms with Crippen molar-refractivity contribution in [1.82, 2.24) is 13.6 Å². The lowest BCUT2D eigenvalue weighted by atomic mass is 10.1. The molecule has 3 amide bonds. The van der Waals surface area contributed by atoms with E-state index in [1.807, 2.05) is 0 Å². The minimum absolute atomic E-state index is 0.0298. The van der Waals surface area contributed by atoms with Gasteiger partial charge in [0.1, 0.15) is 0 Å². The van der Waals surface area contributed by atoms with Crippen LogP contribution in [0, 0.1) is 0 Å². The predicted molar refractivity (Wildman–Crippen MR) is 85.7 cm³/mol. The first kappa shape index (κ1) is 15.4. The van der Waals surface area contributed by atoms with Crippen molar-refractivity contribution in [2.45, 2.75) is 0 Å². The summed E-state index contributed by atoms with van der Waals surface area (Å²) in [5, 5.41) is 5.22. The number of carbonyl (C=O) groups is 2. The predicted octanol–water partition coefficient (Wildman–Crippen LogP) is 1.65. The average molecular weight is 333 g/mol. The second-order valence-electron chi connectivity index (χ2n) is 4.85. The normalized spacial score (nSPS) is 14.3. The van der Waals surface area contributed by atoms with Crippen molar-refractivity contribution in [2.75, 3.05) is 36.9 Å². The molecular weight excluding hydrogens is 318 g/mol. The number of morpholine rings is 1. The summed E-state index contributed by atoms with van der Waals surface area (Å²) in [6, 6.07) is 6.35. The minimum atomic E-state index is -0.412. The van der Waals surface area contributed by atoms with Gasteiger partial charge in [-0.3, -0.25) is 10.1 Å². The highest BCUT2D eigenvalue weighted by Crippen LogP contribution is 2.13. The summed E-state index contributed by atoms with van der Waals surface area (Å²) in [4.78, 5) is 25.8. The van der Waals surface area contributed by atoms with Crippen LogP contribution < -0.4 is 10.6 Å². The van der Waals surface area contributed by atoms with E-state index in [4.69, 9.17) is 4.74 Å². The van der Waals surface area contributed by atoms with Gasteiger partial charge in [-0.15, -0.1) is 0 Å². The third-order valence-electron chi connectivity index (χ3n) is 3.29. The van der Waals surface area contributed by atoms with Crippen LogP contribution in [0.4, 0.5) is 16.3 Å². The lowest BCUT2D eigenvalue weighted by molar-refractivity contribution is 0.0303. The molecule has 120 valence electrons. The Labute approximate surface area is 136 Å². The number of carbonyl (C=O) groups excluding carboxylic acids is 2. The first-order chi connectivity index (χ1) is 11.2. The molecule has 2 N–H and O–H groups in total. The molecule has 8 nitrogen and oxygen atoms in total. The molecule has 1 aliphatic heterocycles. The monoisotopic (exact) mass is 333 g/mol. The summed E-state index contributed by atoms with van der Waals surface area (Å²) < 4.78 is 12.9. The maximum atomic E-state index is 12.3. The number of anilines is 2. The van der Waals surface area contributed by atoms with Crippen LogP contribution in [0.3, 0.4) is 0 Å². The standard InChI is InChI=1S/C14H15N5O3S/c20-13(19-5-7-22-8-6-19)10-1-3-11(4-2-10)16-14(21)17-12-9-15-23-18-12/h1-4,9H,5-8H2,(H2,16,17,18,21). The largest absolute Gasteiger partial charge is 0.378 e. The van der Waals surface area contributed by atoms with Gasteiger partial charge in [-0.2, -0.15) is 8.75 Å². The zero-order chi connectivity index (χ0) is 16.1.